The number of rotatable bonds is 4. The van der Waals surface area contributed by atoms with Gasteiger partial charge in [-0.1, -0.05) is 46.4 Å². The first-order chi connectivity index (χ1) is 13.6. The number of aryl methyl sites for hydroxylation is 1. The second-order valence-electron chi connectivity index (χ2n) is 6.22. The van der Waals surface area contributed by atoms with Gasteiger partial charge in [0.15, 0.2) is 5.78 Å². The Morgan fingerprint density at radius 1 is 0.690 bits per heavy atom. The smallest absolute Gasteiger partial charge is 0.202 e. The van der Waals surface area contributed by atoms with Crippen LogP contribution < -0.4 is 0 Å². The van der Waals surface area contributed by atoms with E-state index in [-0.39, 0.29) is 32.3 Å². The van der Waals surface area contributed by atoms with Gasteiger partial charge in [0.05, 0.1) is 15.6 Å². The number of phenols is 2. The molecule has 2 N–H and O–H groups in total. The molecule has 0 bridgehead atoms. The number of hydrogen-bond acceptors (Lipinski definition) is 4. The summed E-state index contributed by atoms with van der Waals surface area (Å²) in [6.07, 6.45) is 0. The van der Waals surface area contributed by atoms with Gasteiger partial charge in [-0.2, -0.15) is 0 Å². The fourth-order valence-corrected chi connectivity index (χ4v) is 3.80. The van der Waals surface area contributed by atoms with Crippen LogP contribution in [0.3, 0.4) is 0 Å². The summed E-state index contributed by atoms with van der Waals surface area (Å²) in [5.74, 6) is -2.54. The summed E-state index contributed by atoms with van der Waals surface area (Å²) < 4.78 is 0. The standard InChI is InChI=1S/C21H12Cl4O4/c1-9-6-14(19(27)12-4-2-10(22)7-15(12)24)21(29)17(18(9)26)20(28)13-5-3-11(23)8-16(13)25/h2-8,26,29H,1H3. The Hall–Kier alpha value is -2.24. The van der Waals surface area contributed by atoms with Gasteiger partial charge in [0.25, 0.3) is 0 Å². The number of carbonyl (C=O) groups excluding carboxylic acids is 2. The van der Waals surface area contributed by atoms with Gasteiger partial charge in [-0.3, -0.25) is 9.59 Å². The average Bonchev–Trinajstić information content (AvgIpc) is 2.64. The van der Waals surface area contributed by atoms with Crippen molar-refractivity contribution in [3.8, 4) is 11.5 Å². The van der Waals surface area contributed by atoms with Crippen molar-refractivity contribution in [2.75, 3.05) is 0 Å². The average molecular weight is 470 g/mol. The summed E-state index contributed by atoms with van der Waals surface area (Å²) in [4.78, 5) is 26.0. The molecule has 0 spiro atoms. The zero-order valence-electron chi connectivity index (χ0n) is 14.8. The minimum Gasteiger partial charge on any atom is -0.507 e. The number of hydrogen-bond donors (Lipinski definition) is 2. The Morgan fingerprint density at radius 3 is 1.66 bits per heavy atom. The molecule has 0 unspecified atom stereocenters. The monoisotopic (exact) mass is 468 g/mol. The van der Waals surface area contributed by atoms with E-state index in [4.69, 9.17) is 46.4 Å². The fourth-order valence-electron chi connectivity index (χ4n) is 2.81. The highest BCUT2D eigenvalue weighted by molar-refractivity contribution is 6.39. The zero-order chi connectivity index (χ0) is 21.5. The van der Waals surface area contributed by atoms with Crippen LogP contribution in [0.4, 0.5) is 0 Å². The second-order valence-corrected chi connectivity index (χ2v) is 7.91. The topological polar surface area (TPSA) is 74.6 Å². The summed E-state index contributed by atoms with van der Waals surface area (Å²) in [5, 5.41) is 21.9. The molecular formula is C21H12Cl4O4. The van der Waals surface area contributed by atoms with E-state index in [9.17, 15) is 19.8 Å². The van der Waals surface area contributed by atoms with Gasteiger partial charge in [0.2, 0.25) is 5.78 Å². The molecule has 0 aromatic heterocycles. The maximum absolute atomic E-state index is 13.0. The normalized spacial score (nSPS) is 10.8. The Morgan fingerprint density at radius 2 is 1.17 bits per heavy atom. The molecule has 0 saturated heterocycles. The van der Waals surface area contributed by atoms with Crippen molar-refractivity contribution >= 4 is 58.0 Å². The second kappa shape index (κ2) is 8.25. The molecule has 0 saturated carbocycles. The Balaban J connectivity index is 2.18. The summed E-state index contributed by atoms with van der Waals surface area (Å²) in [6, 6.07) is 9.73. The molecule has 8 heteroatoms. The highest BCUT2D eigenvalue weighted by atomic mass is 35.5. The molecule has 148 valence electrons. The Kier molecular flexibility index (Phi) is 6.11. The van der Waals surface area contributed by atoms with E-state index in [0.717, 1.165) is 0 Å². The zero-order valence-corrected chi connectivity index (χ0v) is 17.8. The van der Waals surface area contributed by atoms with Crippen molar-refractivity contribution in [1.82, 2.24) is 0 Å². The molecule has 0 fully saturated rings. The van der Waals surface area contributed by atoms with E-state index in [0.29, 0.717) is 10.0 Å². The molecule has 4 nitrogen and oxygen atoms in total. The first kappa shape index (κ1) is 21.5. The molecule has 0 aliphatic heterocycles. The van der Waals surface area contributed by atoms with Crippen LogP contribution >= 0.6 is 46.4 Å². The highest BCUT2D eigenvalue weighted by Crippen LogP contribution is 2.38. The Bertz CT molecular complexity index is 1170. The van der Waals surface area contributed by atoms with Crippen molar-refractivity contribution in [3.05, 3.63) is 90.4 Å². The van der Waals surface area contributed by atoms with Crippen molar-refractivity contribution in [2.45, 2.75) is 6.92 Å². The number of carbonyl (C=O) groups is 2. The van der Waals surface area contributed by atoms with Gasteiger partial charge >= 0.3 is 0 Å². The van der Waals surface area contributed by atoms with Crippen LogP contribution in [0.25, 0.3) is 0 Å². The van der Waals surface area contributed by atoms with E-state index in [1.165, 1.54) is 49.4 Å². The van der Waals surface area contributed by atoms with E-state index >= 15 is 0 Å². The van der Waals surface area contributed by atoms with Crippen molar-refractivity contribution in [1.29, 1.82) is 0 Å². The summed E-state index contributed by atoms with van der Waals surface area (Å²) >= 11 is 23.9. The molecule has 0 amide bonds. The van der Waals surface area contributed by atoms with Crippen molar-refractivity contribution in [2.24, 2.45) is 0 Å². The largest absolute Gasteiger partial charge is 0.507 e. The van der Waals surface area contributed by atoms with Crippen LogP contribution in [0.2, 0.25) is 20.1 Å². The number of benzene rings is 3. The molecule has 29 heavy (non-hydrogen) atoms. The number of aromatic hydroxyl groups is 2. The lowest BCUT2D eigenvalue weighted by Crippen LogP contribution is -2.09. The molecule has 0 aliphatic carbocycles. The predicted octanol–water partition coefficient (Wildman–Crippen LogP) is 6.48. The third-order valence-electron chi connectivity index (χ3n) is 4.29. The third-order valence-corrected chi connectivity index (χ3v) is 5.38. The van der Waals surface area contributed by atoms with Gasteiger partial charge in [-0.15, -0.1) is 0 Å². The number of phenolic OH excluding ortho intramolecular Hbond substituents is 2. The lowest BCUT2D eigenvalue weighted by Gasteiger charge is -2.14. The lowest BCUT2D eigenvalue weighted by molar-refractivity contribution is 0.103. The molecule has 3 rings (SSSR count). The van der Waals surface area contributed by atoms with Gasteiger partial charge in [-0.25, -0.2) is 0 Å². The summed E-state index contributed by atoms with van der Waals surface area (Å²) in [5.41, 5.74) is -0.333. The van der Waals surface area contributed by atoms with Crippen LogP contribution in [0.5, 0.6) is 11.5 Å². The minimum absolute atomic E-state index is 0.00944. The van der Waals surface area contributed by atoms with Crippen LogP contribution in [-0.2, 0) is 0 Å². The van der Waals surface area contributed by atoms with E-state index in [1.807, 2.05) is 0 Å². The Labute approximate surface area is 186 Å². The van der Waals surface area contributed by atoms with Crippen LogP contribution in [0, 0.1) is 6.92 Å². The van der Waals surface area contributed by atoms with Crippen molar-refractivity contribution < 1.29 is 19.8 Å². The highest BCUT2D eigenvalue weighted by Gasteiger charge is 2.28. The van der Waals surface area contributed by atoms with Crippen LogP contribution in [-0.4, -0.2) is 21.8 Å². The number of ketones is 2. The van der Waals surface area contributed by atoms with Crippen LogP contribution in [0.1, 0.15) is 37.4 Å². The minimum atomic E-state index is -0.762. The SMILES string of the molecule is Cc1cc(C(=O)c2ccc(Cl)cc2Cl)c(O)c(C(=O)c2ccc(Cl)cc2Cl)c1O. The third kappa shape index (κ3) is 4.07. The quantitative estimate of drug-likeness (QED) is 0.428. The summed E-state index contributed by atoms with van der Waals surface area (Å²) in [6.45, 7) is 1.50. The van der Waals surface area contributed by atoms with Gasteiger partial charge < -0.3 is 10.2 Å². The number of halogens is 4. The molecule has 3 aromatic rings. The molecular weight excluding hydrogens is 458 g/mol. The first-order valence-corrected chi connectivity index (χ1v) is 9.68. The van der Waals surface area contributed by atoms with Gasteiger partial charge in [-0.05, 0) is 55.0 Å². The molecule has 0 aliphatic rings. The van der Waals surface area contributed by atoms with E-state index in [2.05, 4.69) is 0 Å². The maximum atomic E-state index is 13.0. The molecule has 0 radical (unpaired) electrons. The predicted molar refractivity (Wildman–Crippen MR) is 114 cm³/mol. The molecule has 0 heterocycles. The van der Waals surface area contributed by atoms with Gasteiger partial charge in [0, 0.05) is 21.2 Å². The summed E-state index contributed by atoms with van der Waals surface area (Å²) in [7, 11) is 0. The van der Waals surface area contributed by atoms with E-state index < -0.39 is 28.6 Å². The lowest BCUT2D eigenvalue weighted by atomic mass is 9.92. The molecule has 3 aromatic carbocycles. The van der Waals surface area contributed by atoms with E-state index in [1.54, 1.807) is 0 Å². The van der Waals surface area contributed by atoms with Gasteiger partial charge in [0.1, 0.15) is 17.1 Å². The van der Waals surface area contributed by atoms with Crippen LogP contribution in [0.15, 0.2) is 42.5 Å². The first-order valence-electron chi connectivity index (χ1n) is 8.16. The van der Waals surface area contributed by atoms with Crippen molar-refractivity contribution in [3.63, 3.8) is 0 Å². The molecule has 0 atom stereocenters. The fraction of sp³-hybridized carbons (Fsp3) is 0.0476. The maximum Gasteiger partial charge on any atom is 0.202 e.